The Balaban J connectivity index is 1.28. The second-order valence-electron chi connectivity index (χ2n) is 8.05. The summed E-state index contributed by atoms with van der Waals surface area (Å²) in [7, 11) is 0. The molecule has 0 fully saturated rings. The van der Waals surface area contributed by atoms with Crippen LogP contribution in [0, 0.1) is 13.8 Å². The Bertz CT molecular complexity index is 1090. The highest BCUT2D eigenvalue weighted by Crippen LogP contribution is 2.16. The Hall–Kier alpha value is -3.07. The third kappa shape index (κ3) is 5.21. The van der Waals surface area contributed by atoms with Crippen molar-refractivity contribution < 1.29 is 9.59 Å². The van der Waals surface area contributed by atoms with Crippen molar-refractivity contribution in [1.29, 1.82) is 0 Å². The summed E-state index contributed by atoms with van der Waals surface area (Å²) in [5, 5.41) is 11.6. The molecule has 9 heteroatoms. The molecule has 4 rings (SSSR count). The molecule has 0 saturated carbocycles. The van der Waals surface area contributed by atoms with Crippen molar-refractivity contribution in [2.24, 2.45) is 0 Å². The number of rotatable bonds is 7. The molecule has 168 valence electrons. The molecule has 1 N–H and O–H groups in total. The normalized spacial score (nSPS) is 13.5. The maximum Gasteiger partial charge on any atom is 0.251 e. The number of aryl methyl sites for hydroxylation is 3. The van der Waals surface area contributed by atoms with Crippen molar-refractivity contribution in [3.05, 3.63) is 63.1 Å². The minimum absolute atomic E-state index is 0.0893. The smallest absolute Gasteiger partial charge is 0.251 e. The number of thiazole rings is 1. The molecule has 1 aliphatic rings. The van der Waals surface area contributed by atoms with Gasteiger partial charge in [0, 0.05) is 55.9 Å². The second kappa shape index (κ2) is 10.0. The molecule has 0 saturated heterocycles. The van der Waals surface area contributed by atoms with Crippen LogP contribution in [-0.4, -0.2) is 56.1 Å². The largest absolute Gasteiger partial charge is 0.352 e. The van der Waals surface area contributed by atoms with Crippen LogP contribution in [-0.2, 0) is 30.6 Å². The Morgan fingerprint density at radius 3 is 2.62 bits per heavy atom. The second-order valence-corrected chi connectivity index (χ2v) is 8.99. The fraction of sp³-hybridized carbons (Fsp3) is 0.435. The van der Waals surface area contributed by atoms with Gasteiger partial charge in [-0.2, -0.15) is 0 Å². The predicted molar refractivity (Wildman–Crippen MR) is 123 cm³/mol. The van der Waals surface area contributed by atoms with Gasteiger partial charge in [0.25, 0.3) is 5.91 Å². The summed E-state index contributed by atoms with van der Waals surface area (Å²) in [6.45, 7) is 6.45. The maximum atomic E-state index is 12.7. The Labute approximate surface area is 191 Å². The lowest BCUT2D eigenvalue weighted by atomic mass is 10.1. The van der Waals surface area contributed by atoms with Gasteiger partial charge in [0.1, 0.15) is 11.6 Å². The van der Waals surface area contributed by atoms with E-state index in [2.05, 4.69) is 25.1 Å². The number of hydrogen-bond donors (Lipinski definition) is 1. The summed E-state index contributed by atoms with van der Waals surface area (Å²) < 4.78 is 2.10. The first kappa shape index (κ1) is 22.1. The van der Waals surface area contributed by atoms with E-state index in [9.17, 15) is 9.59 Å². The Kier molecular flexibility index (Phi) is 6.94. The highest BCUT2D eigenvalue weighted by Gasteiger charge is 2.22. The summed E-state index contributed by atoms with van der Waals surface area (Å²) in [5.41, 5.74) is 4.62. The first-order valence-electron chi connectivity index (χ1n) is 10.9. The van der Waals surface area contributed by atoms with Gasteiger partial charge in [0.15, 0.2) is 0 Å². The van der Waals surface area contributed by atoms with Crippen molar-refractivity contribution in [2.45, 2.75) is 46.1 Å². The van der Waals surface area contributed by atoms with Crippen LogP contribution in [0.5, 0.6) is 0 Å². The number of nitrogens with zero attached hydrogens (tertiary/aromatic N) is 5. The van der Waals surface area contributed by atoms with Crippen LogP contribution in [0.3, 0.4) is 0 Å². The molecule has 0 bridgehead atoms. The molecule has 3 heterocycles. The molecular weight excluding hydrogens is 424 g/mol. The highest BCUT2D eigenvalue weighted by atomic mass is 32.1. The molecule has 2 amide bonds. The molecular formula is C23H28N6O2S. The predicted octanol–water partition coefficient (Wildman–Crippen LogP) is 2.34. The Morgan fingerprint density at radius 1 is 1.06 bits per heavy atom. The fourth-order valence-electron chi connectivity index (χ4n) is 3.86. The molecule has 8 nitrogen and oxygen atoms in total. The van der Waals surface area contributed by atoms with Gasteiger partial charge >= 0.3 is 0 Å². The first-order chi connectivity index (χ1) is 15.5. The van der Waals surface area contributed by atoms with Gasteiger partial charge in [-0.1, -0.05) is 17.7 Å². The number of fused-ring (bicyclic) bond motifs is 1. The summed E-state index contributed by atoms with van der Waals surface area (Å²) in [6, 6.07) is 7.52. The number of nitrogens with one attached hydrogen (secondary N) is 1. The molecule has 3 aromatic rings. The average molecular weight is 453 g/mol. The van der Waals surface area contributed by atoms with E-state index >= 15 is 0 Å². The lowest BCUT2D eigenvalue weighted by Crippen LogP contribution is -2.34. The van der Waals surface area contributed by atoms with Gasteiger partial charge in [-0.3, -0.25) is 9.59 Å². The van der Waals surface area contributed by atoms with Crippen molar-refractivity contribution in [3.8, 4) is 0 Å². The van der Waals surface area contributed by atoms with Crippen LogP contribution in [0.15, 0.2) is 29.8 Å². The molecule has 0 aliphatic carbocycles. The number of benzene rings is 1. The van der Waals surface area contributed by atoms with Crippen molar-refractivity contribution in [2.75, 3.05) is 19.6 Å². The molecule has 1 aliphatic heterocycles. The Morgan fingerprint density at radius 2 is 1.88 bits per heavy atom. The number of hydrogen-bond acceptors (Lipinski definition) is 6. The standard InChI is InChI=1S/C23H28N6O2S/c1-16-3-5-18(6-4-16)23(31)24-11-9-20-26-27-21-10-12-28(13-14-29(20)21)22(30)8-7-19-17(2)25-15-32-19/h3-6,15H,7-14H2,1-2H3,(H,24,31). The van der Waals surface area contributed by atoms with Gasteiger partial charge in [-0.05, 0) is 32.4 Å². The van der Waals surface area contributed by atoms with E-state index in [1.54, 1.807) is 11.3 Å². The minimum Gasteiger partial charge on any atom is -0.352 e. The van der Waals surface area contributed by atoms with E-state index in [1.165, 1.54) is 4.88 Å². The van der Waals surface area contributed by atoms with Crippen LogP contribution in [0.2, 0.25) is 0 Å². The van der Waals surface area contributed by atoms with Crippen LogP contribution >= 0.6 is 11.3 Å². The lowest BCUT2D eigenvalue weighted by Gasteiger charge is -2.20. The third-order valence-corrected chi connectivity index (χ3v) is 6.81. The minimum atomic E-state index is -0.0893. The zero-order valence-corrected chi connectivity index (χ0v) is 19.3. The van der Waals surface area contributed by atoms with E-state index in [-0.39, 0.29) is 11.8 Å². The molecule has 0 unspecified atom stereocenters. The van der Waals surface area contributed by atoms with Gasteiger partial charge in [0.2, 0.25) is 5.91 Å². The van der Waals surface area contributed by atoms with Gasteiger partial charge < -0.3 is 14.8 Å². The summed E-state index contributed by atoms with van der Waals surface area (Å²) in [6.07, 6.45) is 2.53. The van der Waals surface area contributed by atoms with Gasteiger partial charge in [-0.15, -0.1) is 21.5 Å². The van der Waals surface area contributed by atoms with E-state index in [0.717, 1.165) is 29.3 Å². The number of carbonyl (C=O) groups is 2. The lowest BCUT2D eigenvalue weighted by molar-refractivity contribution is -0.131. The van der Waals surface area contributed by atoms with Crippen LogP contribution in [0.1, 0.15) is 44.6 Å². The highest BCUT2D eigenvalue weighted by molar-refractivity contribution is 7.09. The van der Waals surface area contributed by atoms with Gasteiger partial charge in [-0.25, -0.2) is 4.98 Å². The zero-order chi connectivity index (χ0) is 22.5. The van der Waals surface area contributed by atoms with E-state index in [4.69, 9.17) is 0 Å². The van der Waals surface area contributed by atoms with E-state index in [1.807, 2.05) is 48.5 Å². The van der Waals surface area contributed by atoms with Crippen molar-refractivity contribution >= 4 is 23.2 Å². The monoisotopic (exact) mass is 452 g/mol. The van der Waals surface area contributed by atoms with E-state index < -0.39 is 0 Å². The summed E-state index contributed by atoms with van der Waals surface area (Å²) in [4.78, 5) is 32.4. The molecule has 0 atom stereocenters. The SMILES string of the molecule is Cc1ccc(C(=O)NCCc2nnc3n2CCN(C(=O)CCc2scnc2C)CC3)cc1. The van der Waals surface area contributed by atoms with Crippen LogP contribution in [0.4, 0.5) is 0 Å². The zero-order valence-electron chi connectivity index (χ0n) is 18.5. The fourth-order valence-corrected chi connectivity index (χ4v) is 4.64. The molecule has 2 aromatic heterocycles. The first-order valence-corrected chi connectivity index (χ1v) is 11.8. The average Bonchev–Trinajstić information content (AvgIpc) is 3.31. The van der Waals surface area contributed by atoms with Crippen LogP contribution in [0.25, 0.3) is 0 Å². The quantitative estimate of drug-likeness (QED) is 0.594. The molecule has 0 spiro atoms. The van der Waals surface area contributed by atoms with Crippen LogP contribution < -0.4 is 5.32 Å². The molecule has 1 aromatic carbocycles. The summed E-state index contributed by atoms with van der Waals surface area (Å²) in [5.74, 6) is 1.83. The third-order valence-electron chi connectivity index (χ3n) is 5.81. The number of aromatic nitrogens is 4. The van der Waals surface area contributed by atoms with Gasteiger partial charge in [0.05, 0.1) is 11.2 Å². The maximum absolute atomic E-state index is 12.7. The summed E-state index contributed by atoms with van der Waals surface area (Å²) >= 11 is 1.61. The number of carbonyl (C=O) groups excluding carboxylic acids is 2. The molecule has 0 radical (unpaired) electrons. The van der Waals surface area contributed by atoms with E-state index in [0.29, 0.717) is 51.0 Å². The number of amides is 2. The topological polar surface area (TPSA) is 93.0 Å². The molecule has 32 heavy (non-hydrogen) atoms. The van der Waals surface area contributed by atoms with Crippen molar-refractivity contribution in [3.63, 3.8) is 0 Å². The van der Waals surface area contributed by atoms with Crippen molar-refractivity contribution in [1.82, 2.24) is 30.0 Å².